The minimum atomic E-state index is 0.353. The zero-order chi connectivity index (χ0) is 35.3. The molecule has 0 fully saturated rings. The molecule has 0 amide bonds. The molecule has 0 heteroatoms. The van der Waals surface area contributed by atoms with Gasteiger partial charge in [-0.25, -0.2) is 0 Å². The topological polar surface area (TPSA) is 0 Å². The number of hydrogen-bond acceptors (Lipinski definition) is 0. The van der Waals surface area contributed by atoms with Crippen LogP contribution < -0.4 is 0 Å². The Morgan fingerprint density at radius 2 is 0.848 bits per heavy atom. The van der Waals surface area contributed by atoms with Gasteiger partial charge >= 0.3 is 0 Å². The Kier molecular flexibility index (Phi) is 17.4. The average molecular weight is 621 g/mol. The molecule has 0 saturated heterocycles. The smallest absolute Gasteiger partial charge is 0.00978 e. The first kappa shape index (κ1) is 40.9. The van der Waals surface area contributed by atoms with Gasteiger partial charge in [-0.05, 0) is 153 Å². The van der Waals surface area contributed by atoms with Crippen LogP contribution >= 0.6 is 0 Å². The van der Waals surface area contributed by atoms with Crippen molar-refractivity contribution in [3.63, 3.8) is 0 Å². The third-order valence-corrected chi connectivity index (χ3v) is 9.37. The summed E-state index contributed by atoms with van der Waals surface area (Å²) in [6.45, 7) is 36.7. The predicted molar refractivity (Wildman–Crippen MR) is 210 cm³/mol. The van der Waals surface area contributed by atoms with Gasteiger partial charge in [0.15, 0.2) is 0 Å². The van der Waals surface area contributed by atoms with Crippen molar-refractivity contribution in [3.8, 4) is 0 Å². The lowest BCUT2D eigenvalue weighted by molar-refractivity contribution is 0.701. The van der Waals surface area contributed by atoms with E-state index in [1.54, 1.807) is 0 Å². The zero-order valence-electron chi connectivity index (χ0n) is 33.0. The Hall–Kier alpha value is -3.12. The number of fused-ring (bicyclic) bond motifs is 6. The molecule has 0 saturated carbocycles. The summed E-state index contributed by atoms with van der Waals surface area (Å²) in [5, 5.41) is 0. The summed E-state index contributed by atoms with van der Waals surface area (Å²) in [6.07, 6.45) is 3.21. The number of rotatable bonds is 1. The molecule has 252 valence electrons. The summed E-state index contributed by atoms with van der Waals surface area (Å²) in [5.74, 6) is 0.731. The Bertz CT molecular complexity index is 1530. The van der Waals surface area contributed by atoms with E-state index in [1.165, 1.54) is 83.5 Å². The van der Waals surface area contributed by atoms with Gasteiger partial charge in [-0.15, -0.1) is 0 Å². The van der Waals surface area contributed by atoms with Crippen molar-refractivity contribution in [1.82, 2.24) is 0 Å². The van der Waals surface area contributed by atoms with E-state index in [0.29, 0.717) is 11.8 Å². The maximum absolute atomic E-state index is 2.57. The molecule has 2 atom stereocenters. The normalized spacial score (nSPS) is 14.8. The van der Waals surface area contributed by atoms with Crippen molar-refractivity contribution >= 4 is 0 Å². The van der Waals surface area contributed by atoms with Crippen LogP contribution in [-0.4, -0.2) is 0 Å². The lowest BCUT2D eigenvalue weighted by atomic mass is 9.77. The summed E-state index contributed by atoms with van der Waals surface area (Å²) < 4.78 is 0. The highest BCUT2D eigenvalue weighted by atomic mass is 14.3. The molecule has 2 unspecified atom stereocenters. The average Bonchev–Trinajstić information content (AvgIpc) is 3.05. The molecule has 4 aromatic rings. The third kappa shape index (κ3) is 9.47. The molecule has 46 heavy (non-hydrogen) atoms. The molecule has 4 aromatic carbocycles. The quantitative estimate of drug-likeness (QED) is 0.199. The number of benzene rings is 4. The summed E-state index contributed by atoms with van der Waals surface area (Å²) in [6, 6.07) is 21.9. The molecule has 0 heterocycles. The van der Waals surface area contributed by atoms with E-state index >= 15 is 0 Å². The van der Waals surface area contributed by atoms with Gasteiger partial charge in [-0.1, -0.05) is 122 Å². The maximum Gasteiger partial charge on any atom is 0.00978 e. The van der Waals surface area contributed by atoms with E-state index in [2.05, 4.69) is 117 Å². The van der Waals surface area contributed by atoms with Crippen LogP contribution in [0.25, 0.3) is 0 Å². The van der Waals surface area contributed by atoms with E-state index in [4.69, 9.17) is 0 Å². The Balaban J connectivity index is 0.00000123. The fourth-order valence-electron chi connectivity index (χ4n) is 7.08. The van der Waals surface area contributed by atoms with Gasteiger partial charge in [0.25, 0.3) is 0 Å². The first-order valence-corrected chi connectivity index (χ1v) is 18.4. The second kappa shape index (κ2) is 19.5. The van der Waals surface area contributed by atoms with Gasteiger partial charge in [-0.3, -0.25) is 0 Å². The molecule has 0 aromatic heterocycles. The molecular formula is C46H68. The van der Waals surface area contributed by atoms with Gasteiger partial charge in [0.05, 0.1) is 0 Å². The molecule has 0 nitrogen and oxygen atoms in total. The first-order valence-electron chi connectivity index (χ1n) is 18.4. The van der Waals surface area contributed by atoms with Gasteiger partial charge in [0.1, 0.15) is 0 Å². The van der Waals surface area contributed by atoms with Crippen LogP contribution in [0.5, 0.6) is 0 Å². The van der Waals surface area contributed by atoms with E-state index in [0.717, 1.165) is 19.3 Å². The zero-order valence-corrected chi connectivity index (χ0v) is 33.0. The molecule has 5 rings (SSSR count). The number of aryl methyl sites for hydroxylation is 9. The molecule has 1 aliphatic carbocycles. The molecule has 1 aliphatic rings. The van der Waals surface area contributed by atoms with Gasteiger partial charge in [0, 0.05) is 11.8 Å². The minimum Gasteiger partial charge on any atom is -0.0683 e. The summed E-state index contributed by atoms with van der Waals surface area (Å²) in [4.78, 5) is 0. The second-order valence-electron chi connectivity index (χ2n) is 12.3. The monoisotopic (exact) mass is 621 g/mol. The van der Waals surface area contributed by atoms with Crippen molar-refractivity contribution in [2.45, 2.75) is 149 Å². The van der Waals surface area contributed by atoms with E-state index in [1.807, 2.05) is 55.4 Å². The lowest BCUT2D eigenvalue weighted by Gasteiger charge is -2.27. The van der Waals surface area contributed by atoms with E-state index in [9.17, 15) is 0 Å². The largest absolute Gasteiger partial charge is 0.0683 e. The van der Waals surface area contributed by atoms with Gasteiger partial charge < -0.3 is 0 Å². The van der Waals surface area contributed by atoms with Crippen molar-refractivity contribution in [2.24, 2.45) is 0 Å². The highest BCUT2D eigenvalue weighted by Gasteiger charge is 2.24. The Labute approximate surface area is 286 Å². The fourth-order valence-corrected chi connectivity index (χ4v) is 7.08. The standard InChI is InChI=1S/C38H44.4C2H6/c1-22-10-12-34(26(5)14-22)35-13-11-31-18-32(24(3)15-23(31)2)19-33-20-36(27(6)16-25(33)4)30(9)37-21-38(35)29(8)17-28(37)7;4*1-2/h10,12,14-18,20-21,30,35H,11,13,19H2,1-9H3;4*1-2H3. The van der Waals surface area contributed by atoms with E-state index < -0.39 is 0 Å². The molecule has 0 aliphatic heterocycles. The predicted octanol–water partition coefficient (Wildman–Crippen LogP) is 14.1. The van der Waals surface area contributed by atoms with Crippen LogP contribution in [0.15, 0.2) is 54.6 Å². The highest BCUT2D eigenvalue weighted by molar-refractivity contribution is 5.52. The molecular weight excluding hydrogens is 553 g/mol. The molecule has 0 N–H and O–H groups in total. The molecule has 6 bridgehead atoms. The molecule has 0 spiro atoms. The second-order valence-corrected chi connectivity index (χ2v) is 12.3. The highest BCUT2D eigenvalue weighted by Crippen LogP contribution is 2.39. The van der Waals surface area contributed by atoms with Crippen LogP contribution in [0.4, 0.5) is 0 Å². The van der Waals surface area contributed by atoms with Crippen LogP contribution in [0.1, 0.15) is 164 Å². The Morgan fingerprint density at radius 1 is 0.413 bits per heavy atom. The van der Waals surface area contributed by atoms with Crippen molar-refractivity contribution in [3.05, 3.63) is 138 Å². The first-order chi connectivity index (χ1) is 22.0. The Morgan fingerprint density at radius 3 is 1.41 bits per heavy atom. The van der Waals surface area contributed by atoms with Crippen LogP contribution in [0.2, 0.25) is 0 Å². The van der Waals surface area contributed by atoms with Crippen LogP contribution in [0, 0.1) is 55.4 Å². The summed E-state index contributed by atoms with van der Waals surface area (Å²) in [7, 11) is 0. The third-order valence-electron chi connectivity index (χ3n) is 9.37. The summed E-state index contributed by atoms with van der Waals surface area (Å²) in [5.41, 5.74) is 21.6. The number of hydrogen-bond donors (Lipinski definition) is 0. The maximum atomic E-state index is 2.57. The van der Waals surface area contributed by atoms with E-state index in [-0.39, 0.29) is 0 Å². The van der Waals surface area contributed by atoms with Crippen molar-refractivity contribution in [1.29, 1.82) is 0 Å². The fraction of sp³-hybridized carbons (Fsp3) is 0.478. The van der Waals surface area contributed by atoms with Crippen LogP contribution in [-0.2, 0) is 12.8 Å². The SMILES string of the molecule is CC.CC.CC.CC.Cc1ccc(C2CCc3cc(c(C)cc3C)Cc3cc(c(C)cc3C)C(C)c3cc2c(C)cc3C)c(C)c1. The van der Waals surface area contributed by atoms with Crippen LogP contribution in [0.3, 0.4) is 0 Å². The minimum absolute atomic E-state index is 0.353. The summed E-state index contributed by atoms with van der Waals surface area (Å²) >= 11 is 0. The van der Waals surface area contributed by atoms with Crippen molar-refractivity contribution < 1.29 is 0 Å². The van der Waals surface area contributed by atoms with Gasteiger partial charge in [0.2, 0.25) is 0 Å². The lowest BCUT2D eigenvalue weighted by Crippen LogP contribution is -2.12. The molecule has 0 radical (unpaired) electrons. The van der Waals surface area contributed by atoms with Crippen molar-refractivity contribution in [2.75, 3.05) is 0 Å². The van der Waals surface area contributed by atoms with Gasteiger partial charge in [-0.2, -0.15) is 0 Å².